The Morgan fingerprint density at radius 3 is 2.28 bits per heavy atom. The Kier molecular flexibility index (Phi) is 8.43. The molecule has 0 aliphatic rings. The van der Waals surface area contributed by atoms with E-state index < -0.39 is 5.60 Å². The quantitative estimate of drug-likeness (QED) is 0.626. The van der Waals surface area contributed by atoms with Crippen LogP contribution in [0.4, 0.5) is 5.69 Å². The lowest BCUT2D eigenvalue weighted by Crippen LogP contribution is -2.42. The number of benzene rings is 1. The monoisotopic (exact) mass is 349 g/mol. The zero-order valence-electron chi connectivity index (χ0n) is 17.0. The van der Waals surface area contributed by atoms with E-state index in [-0.39, 0.29) is 5.91 Å². The Labute approximate surface area is 153 Å². The van der Waals surface area contributed by atoms with Crippen molar-refractivity contribution in [1.82, 2.24) is 0 Å². The van der Waals surface area contributed by atoms with E-state index in [4.69, 9.17) is 9.47 Å². The lowest BCUT2D eigenvalue weighted by atomic mass is 9.97. The first kappa shape index (κ1) is 21.5. The Hall–Kier alpha value is -1.55. The molecule has 1 N–H and O–H groups in total. The number of aryl methyl sites for hydroxylation is 2. The van der Waals surface area contributed by atoms with Crippen molar-refractivity contribution in [1.29, 1.82) is 0 Å². The maximum Gasteiger partial charge on any atom is 0.256 e. The van der Waals surface area contributed by atoms with Gasteiger partial charge in [0.25, 0.3) is 5.91 Å². The largest absolute Gasteiger partial charge is 0.493 e. The van der Waals surface area contributed by atoms with Gasteiger partial charge < -0.3 is 14.8 Å². The number of hydrogen-bond acceptors (Lipinski definition) is 3. The minimum absolute atomic E-state index is 0.0857. The van der Waals surface area contributed by atoms with E-state index >= 15 is 0 Å². The number of unbranched alkanes of at least 4 members (excludes halogenated alkanes) is 1. The second-order valence-electron chi connectivity index (χ2n) is 7.37. The first-order chi connectivity index (χ1) is 11.7. The third-order valence-corrected chi connectivity index (χ3v) is 4.23. The summed E-state index contributed by atoms with van der Waals surface area (Å²) >= 11 is 0. The molecule has 0 saturated heterocycles. The van der Waals surface area contributed by atoms with Gasteiger partial charge in [-0.15, -0.1) is 0 Å². The number of nitrogens with one attached hydrogen (secondary N) is 1. The SMILES string of the molecule is CCCCC(C)(OCC)C(=O)Nc1cc(C)c(OCC(C)C)c(C)c1. The van der Waals surface area contributed by atoms with Crippen molar-refractivity contribution in [2.24, 2.45) is 5.92 Å². The molecule has 0 aliphatic carbocycles. The van der Waals surface area contributed by atoms with Crippen LogP contribution < -0.4 is 10.1 Å². The maximum atomic E-state index is 12.8. The van der Waals surface area contributed by atoms with Crippen LogP contribution in [0.1, 0.15) is 65.0 Å². The Morgan fingerprint density at radius 1 is 1.20 bits per heavy atom. The third-order valence-electron chi connectivity index (χ3n) is 4.23. The van der Waals surface area contributed by atoms with Crippen LogP contribution in [0.25, 0.3) is 0 Å². The molecular formula is C21H35NO3. The first-order valence-electron chi connectivity index (χ1n) is 9.43. The fourth-order valence-electron chi connectivity index (χ4n) is 2.85. The molecule has 4 heteroatoms. The molecule has 0 spiro atoms. The molecule has 0 saturated carbocycles. The van der Waals surface area contributed by atoms with Gasteiger partial charge in [0, 0.05) is 12.3 Å². The summed E-state index contributed by atoms with van der Waals surface area (Å²) in [5.41, 5.74) is 2.06. The molecule has 25 heavy (non-hydrogen) atoms. The van der Waals surface area contributed by atoms with E-state index in [1.54, 1.807) is 0 Å². The molecule has 4 nitrogen and oxygen atoms in total. The summed E-state index contributed by atoms with van der Waals surface area (Å²) in [7, 11) is 0. The summed E-state index contributed by atoms with van der Waals surface area (Å²) in [6.07, 6.45) is 2.72. The highest BCUT2D eigenvalue weighted by Crippen LogP contribution is 2.29. The molecule has 1 aromatic carbocycles. The van der Waals surface area contributed by atoms with E-state index in [1.165, 1.54) is 0 Å². The van der Waals surface area contributed by atoms with Crippen molar-refractivity contribution in [3.63, 3.8) is 0 Å². The topological polar surface area (TPSA) is 47.6 Å². The van der Waals surface area contributed by atoms with Gasteiger partial charge in [-0.05, 0) is 63.3 Å². The van der Waals surface area contributed by atoms with Gasteiger partial charge in [-0.2, -0.15) is 0 Å². The van der Waals surface area contributed by atoms with Gasteiger partial charge in [0.2, 0.25) is 0 Å². The highest BCUT2D eigenvalue weighted by molar-refractivity contribution is 5.97. The first-order valence-corrected chi connectivity index (χ1v) is 9.43. The van der Waals surface area contributed by atoms with E-state index in [2.05, 4.69) is 26.1 Å². The van der Waals surface area contributed by atoms with Gasteiger partial charge in [-0.3, -0.25) is 4.79 Å². The Bertz CT molecular complexity index is 545. The highest BCUT2D eigenvalue weighted by Gasteiger charge is 2.33. The van der Waals surface area contributed by atoms with Crippen LogP contribution in [0.15, 0.2) is 12.1 Å². The summed E-state index contributed by atoms with van der Waals surface area (Å²) in [6, 6.07) is 3.93. The molecule has 1 atom stereocenters. The average molecular weight is 350 g/mol. The van der Waals surface area contributed by atoms with Crippen molar-refractivity contribution in [2.45, 2.75) is 73.3 Å². The lowest BCUT2D eigenvalue weighted by molar-refractivity contribution is -0.139. The normalized spacial score (nSPS) is 13.6. The second kappa shape index (κ2) is 9.81. The molecular weight excluding hydrogens is 314 g/mol. The maximum absolute atomic E-state index is 12.8. The predicted molar refractivity (Wildman–Crippen MR) is 104 cm³/mol. The van der Waals surface area contributed by atoms with Gasteiger partial charge >= 0.3 is 0 Å². The minimum atomic E-state index is -0.792. The average Bonchev–Trinajstić information content (AvgIpc) is 2.52. The summed E-state index contributed by atoms with van der Waals surface area (Å²) in [5.74, 6) is 1.30. The molecule has 1 rings (SSSR count). The van der Waals surface area contributed by atoms with E-state index in [1.807, 2.05) is 39.8 Å². The number of amides is 1. The zero-order chi connectivity index (χ0) is 19.0. The number of rotatable bonds is 10. The van der Waals surface area contributed by atoms with Crippen molar-refractivity contribution in [2.75, 3.05) is 18.5 Å². The number of carbonyl (C=O) groups is 1. The molecule has 0 bridgehead atoms. The molecule has 1 unspecified atom stereocenters. The standard InChI is InChI=1S/C21H35NO3/c1-8-10-11-21(7,25-9-2)20(23)22-18-12-16(5)19(17(6)13-18)24-14-15(3)4/h12-13,15H,8-11,14H2,1-7H3,(H,22,23). The van der Waals surface area contributed by atoms with Crippen LogP contribution in [0.5, 0.6) is 5.75 Å². The van der Waals surface area contributed by atoms with Gasteiger partial charge in [0.05, 0.1) is 6.61 Å². The van der Waals surface area contributed by atoms with Crippen LogP contribution in [0, 0.1) is 19.8 Å². The molecule has 0 fully saturated rings. The number of carbonyl (C=O) groups excluding carboxylic acids is 1. The Morgan fingerprint density at radius 2 is 1.80 bits per heavy atom. The smallest absolute Gasteiger partial charge is 0.256 e. The van der Waals surface area contributed by atoms with Gasteiger partial charge in [-0.1, -0.05) is 33.6 Å². The fourth-order valence-corrected chi connectivity index (χ4v) is 2.85. The molecule has 0 aliphatic heterocycles. The second-order valence-corrected chi connectivity index (χ2v) is 7.37. The Balaban J connectivity index is 2.92. The van der Waals surface area contributed by atoms with Gasteiger partial charge in [-0.25, -0.2) is 0 Å². The molecule has 1 aromatic rings. The molecule has 142 valence electrons. The van der Waals surface area contributed by atoms with Crippen molar-refractivity contribution < 1.29 is 14.3 Å². The number of hydrogen-bond donors (Lipinski definition) is 1. The number of anilines is 1. The van der Waals surface area contributed by atoms with Crippen LogP contribution in [0.2, 0.25) is 0 Å². The molecule has 0 heterocycles. The summed E-state index contributed by atoms with van der Waals surface area (Å²) in [6.45, 7) is 15.4. The van der Waals surface area contributed by atoms with E-state index in [0.717, 1.165) is 41.8 Å². The third kappa shape index (κ3) is 6.35. The van der Waals surface area contributed by atoms with E-state index in [0.29, 0.717) is 19.1 Å². The van der Waals surface area contributed by atoms with Gasteiger partial charge in [0.15, 0.2) is 0 Å². The van der Waals surface area contributed by atoms with Crippen molar-refractivity contribution in [3.8, 4) is 5.75 Å². The lowest BCUT2D eigenvalue weighted by Gasteiger charge is -2.28. The summed E-state index contributed by atoms with van der Waals surface area (Å²) in [5, 5.41) is 3.03. The molecule has 0 radical (unpaired) electrons. The number of ether oxygens (including phenoxy) is 2. The predicted octanol–water partition coefficient (Wildman–Crippen LogP) is 5.26. The van der Waals surface area contributed by atoms with Crippen molar-refractivity contribution in [3.05, 3.63) is 23.3 Å². The van der Waals surface area contributed by atoms with Crippen molar-refractivity contribution >= 4 is 11.6 Å². The zero-order valence-corrected chi connectivity index (χ0v) is 17.0. The van der Waals surface area contributed by atoms with Gasteiger partial charge in [0.1, 0.15) is 11.4 Å². The van der Waals surface area contributed by atoms with Crippen LogP contribution in [-0.2, 0) is 9.53 Å². The van der Waals surface area contributed by atoms with Crippen LogP contribution in [-0.4, -0.2) is 24.7 Å². The van der Waals surface area contributed by atoms with Crippen LogP contribution >= 0.6 is 0 Å². The summed E-state index contributed by atoms with van der Waals surface area (Å²) in [4.78, 5) is 12.8. The fraction of sp³-hybridized carbons (Fsp3) is 0.667. The highest BCUT2D eigenvalue weighted by atomic mass is 16.5. The molecule has 1 amide bonds. The molecule has 0 aromatic heterocycles. The van der Waals surface area contributed by atoms with Crippen LogP contribution in [0.3, 0.4) is 0 Å². The minimum Gasteiger partial charge on any atom is -0.493 e. The van der Waals surface area contributed by atoms with E-state index in [9.17, 15) is 4.79 Å². The summed E-state index contributed by atoms with van der Waals surface area (Å²) < 4.78 is 11.7.